The molecule has 0 saturated carbocycles. The average molecular weight is 515 g/mol. The van der Waals surface area contributed by atoms with Gasteiger partial charge in [-0.25, -0.2) is 0 Å². The topological polar surface area (TPSA) is 48.7 Å². The molecule has 4 aromatic rings. The van der Waals surface area contributed by atoms with Crippen LogP contribution in [0.5, 0.6) is 11.5 Å². The Hall–Kier alpha value is -3.57. The molecule has 1 aliphatic heterocycles. The number of carbonyl (C=O) groups excluding carboxylic acids is 1. The first-order valence-corrected chi connectivity index (χ1v) is 11.9. The van der Waals surface area contributed by atoms with Crippen molar-refractivity contribution in [3.63, 3.8) is 0 Å². The normalized spacial score (nSPS) is 12.8. The van der Waals surface area contributed by atoms with Gasteiger partial charge in [-0.1, -0.05) is 53.7 Å². The number of halogens is 1. The van der Waals surface area contributed by atoms with Gasteiger partial charge in [-0.2, -0.15) is 0 Å². The minimum atomic E-state index is -0.219. The summed E-state index contributed by atoms with van der Waals surface area (Å²) in [4.78, 5) is 13.8. The lowest BCUT2D eigenvalue weighted by atomic mass is 9.94. The van der Waals surface area contributed by atoms with Gasteiger partial charge in [-0.15, -0.1) is 0 Å². The molecule has 0 amide bonds. The second-order valence-electron chi connectivity index (χ2n) is 8.23. The van der Waals surface area contributed by atoms with E-state index in [-0.39, 0.29) is 11.5 Å². The summed E-state index contributed by atoms with van der Waals surface area (Å²) >= 11 is 3.56. The molecule has 1 aromatic heterocycles. The van der Waals surface area contributed by atoms with E-state index in [9.17, 15) is 4.79 Å². The third kappa shape index (κ3) is 3.97. The van der Waals surface area contributed by atoms with Crippen molar-refractivity contribution in [1.29, 1.82) is 0 Å². The van der Waals surface area contributed by atoms with E-state index in [1.807, 2.05) is 68.5 Å². The van der Waals surface area contributed by atoms with E-state index in [2.05, 4.69) is 22.5 Å². The third-order valence-corrected chi connectivity index (χ3v) is 6.23. The van der Waals surface area contributed by atoms with Gasteiger partial charge in [-0.05, 0) is 67.0 Å². The van der Waals surface area contributed by atoms with Gasteiger partial charge < -0.3 is 13.9 Å². The molecule has 0 spiro atoms. The number of furan rings is 1. The van der Waals surface area contributed by atoms with E-state index < -0.39 is 0 Å². The summed E-state index contributed by atoms with van der Waals surface area (Å²) in [6.45, 7) is 8.64. The lowest BCUT2D eigenvalue weighted by molar-refractivity contribution is 0.101. The Morgan fingerprint density at radius 3 is 2.71 bits per heavy atom. The Labute approximate surface area is 206 Å². The number of hydrogen-bond acceptors (Lipinski definition) is 4. The van der Waals surface area contributed by atoms with E-state index in [0.29, 0.717) is 40.6 Å². The zero-order chi connectivity index (χ0) is 23.8. The van der Waals surface area contributed by atoms with E-state index in [1.165, 1.54) is 0 Å². The molecule has 4 nitrogen and oxygen atoms in total. The second-order valence-corrected chi connectivity index (χ2v) is 9.15. The maximum Gasteiger partial charge on any atom is 0.229 e. The predicted molar refractivity (Wildman–Crippen MR) is 138 cm³/mol. The number of benzene rings is 3. The van der Waals surface area contributed by atoms with Crippen LogP contribution in [0, 0.1) is 0 Å². The molecule has 0 N–H and O–H groups in total. The molecule has 0 fully saturated rings. The number of ether oxygens (including phenoxy) is 2. The second kappa shape index (κ2) is 8.99. The van der Waals surface area contributed by atoms with E-state index in [0.717, 1.165) is 33.0 Å². The largest absolute Gasteiger partial charge is 0.494 e. The predicted octanol–water partition coefficient (Wildman–Crippen LogP) is 8.19. The van der Waals surface area contributed by atoms with Gasteiger partial charge >= 0.3 is 0 Å². The summed E-state index contributed by atoms with van der Waals surface area (Å²) in [6, 6.07) is 18.9. The van der Waals surface area contributed by atoms with Crippen LogP contribution in [0.2, 0.25) is 0 Å². The highest BCUT2D eigenvalue weighted by molar-refractivity contribution is 9.10. The minimum absolute atomic E-state index is 0.219. The zero-order valence-electron chi connectivity index (χ0n) is 19.0. The van der Waals surface area contributed by atoms with Crippen LogP contribution < -0.4 is 9.47 Å². The molecular weight excluding hydrogens is 492 g/mol. The minimum Gasteiger partial charge on any atom is -0.494 e. The maximum atomic E-state index is 13.8. The van der Waals surface area contributed by atoms with Crippen molar-refractivity contribution < 1.29 is 18.7 Å². The summed E-state index contributed by atoms with van der Waals surface area (Å²) in [6.07, 6.45) is 2.79. The number of fused-ring (bicyclic) bond motifs is 3. The monoisotopic (exact) mass is 514 g/mol. The van der Waals surface area contributed by atoms with Crippen LogP contribution in [0.4, 0.5) is 0 Å². The molecule has 170 valence electrons. The number of ketones is 1. The van der Waals surface area contributed by atoms with Gasteiger partial charge in [0.25, 0.3) is 0 Å². The zero-order valence-corrected chi connectivity index (χ0v) is 20.6. The molecule has 5 heteroatoms. The van der Waals surface area contributed by atoms with Crippen LogP contribution in [0.3, 0.4) is 0 Å². The molecule has 3 aromatic carbocycles. The van der Waals surface area contributed by atoms with Gasteiger partial charge in [0, 0.05) is 21.2 Å². The van der Waals surface area contributed by atoms with Crippen molar-refractivity contribution in [2.24, 2.45) is 0 Å². The fourth-order valence-electron chi connectivity index (χ4n) is 4.21. The molecule has 5 rings (SSSR count). The Balaban J connectivity index is 1.75. The fraction of sp³-hybridized carbons (Fsp3) is 0.138. The van der Waals surface area contributed by atoms with Crippen molar-refractivity contribution in [3.8, 4) is 22.6 Å². The van der Waals surface area contributed by atoms with Gasteiger partial charge in [0.2, 0.25) is 5.78 Å². The smallest absolute Gasteiger partial charge is 0.229 e. The molecule has 0 unspecified atom stereocenters. The first-order valence-electron chi connectivity index (χ1n) is 11.1. The molecule has 0 aliphatic carbocycles. The van der Waals surface area contributed by atoms with Crippen LogP contribution in [-0.4, -0.2) is 12.4 Å². The highest BCUT2D eigenvalue weighted by Crippen LogP contribution is 2.46. The van der Waals surface area contributed by atoms with Gasteiger partial charge in [-0.3, -0.25) is 4.79 Å². The fourth-order valence-corrected chi connectivity index (χ4v) is 4.61. The van der Waals surface area contributed by atoms with Crippen LogP contribution in [0.25, 0.3) is 27.7 Å². The average Bonchev–Trinajstić information content (AvgIpc) is 3.22. The van der Waals surface area contributed by atoms with Crippen LogP contribution in [-0.2, 0) is 0 Å². The Morgan fingerprint density at radius 1 is 1.09 bits per heavy atom. The van der Waals surface area contributed by atoms with Crippen molar-refractivity contribution in [2.45, 2.75) is 20.3 Å². The summed E-state index contributed by atoms with van der Waals surface area (Å²) in [5, 5.41) is 0.755. The van der Waals surface area contributed by atoms with Crippen LogP contribution in [0.15, 0.2) is 88.0 Å². The molecule has 2 heterocycles. The number of allylic oxidation sites excluding steroid dienone is 2. The van der Waals surface area contributed by atoms with Gasteiger partial charge in [0.15, 0.2) is 5.76 Å². The lowest BCUT2D eigenvalue weighted by Crippen LogP contribution is -2.04. The Bertz CT molecular complexity index is 1480. The lowest BCUT2D eigenvalue weighted by Gasteiger charge is -2.19. The van der Waals surface area contributed by atoms with Crippen LogP contribution in [0.1, 0.15) is 41.9 Å². The number of hydrogen-bond donors (Lipinski definition) is 0. The van der Waals surface area contributed by atoms with Crippen molar-refractivity contribution in [2.75, 3.05) is 6.61 Å². The highest BCUT2D eigenvalue weighted by Gasteiger charge is 2.28. The SMILES string of the molecule is C=C1C=C(C)c2ccc3oc(C(=O)c4cccc(OCCC)c4)c(-c4cccc(Br)c4)c3c2O1. The molecule has 0 radical (unpaired) electrons. The quantitative estimate of drug-likeness (QED) is 0.243. The van der Waals surface area contributed by atoms with Crippen LogP contribution >= 0.6 is 15.9 Å². The highest BCUT2D eigenvalue weighted by atomic mass is 79.9. The van der Waals surface area contributed by atoms with Crippen molar-refractivity contribution in [1.82, 2.24) is 0 Å². The molecule has 34 heavy (non-hydrogen) atoms. The van der Waals surface area contributed by atoms with E-state index in [1.54, 1.807) is 12.1 Å². The first-order chi connectivity index (χ1) is 16.5. The first kappa shape index (κ1) is 22.2. The van der Waals surface area contributed by atoms with Crippen molar-refractivity contribution in [3.05, 3.63) is 100 Å². The summed E-state index contributed by atoms with van der Waals surface area (Å²) in [7, 11) is 0. The van der Waals surface area contributed by atoms with Crippen molar-refractivity contribution >= 4 is 38.3 Å². The molecule has 0 bridgehead atoms. The molecular formula is C29H23BrO4. The molecule has 0 atom stereocenters. The summed E-state index contributed by atoms with van der Waals surface area (Å²) < 4.78 is 19.0. The van der Waals surface area contributed by atoms with Gasteiger partial charge in [0.1, 0.15) is 22.8 Å². The van der Waals surface area contributed by atoms with E-state index >= 15 is 0 Å². The molecule has 1 aliphatic rings. The summed E-state index contributed by atoms with van der Waals surface area (Å²) in [5.41, 5.74) is 4.62. The van der Waals surface area contributed by atoms with Gasteiger partial charge in [0.05, 0.1) is 12.0 Å². The third-order valence-electron chi connectivity index (χ3n) is 5.73. The molecule has 0 saturated heterocycles. The maximum absolute atomic E-state index is 13.8. The Kier molecular flexibility index (Phi) is 5.88. The number of rotatable bonds is 6. The number of carbonyl (C=O) groups is 1. The summed E-state index contributed by atoms with van der Waals surface area (Å²) in [5.74, 6) is 1.90. The standard InChI is InChI=1S/C29H23BrO4/c1-4-13-32-22-10-6-8-20(16-22)27(31)29-25(19-7-5-9-21(30)15-19)26-24(34-29)12-11-23-17(2)14-18(3)33-28(23)26/h5-12,14-16H,3-4,13H2,1-2H3. The van der Waals surface area contributed by atoms with E-state index in [4.69, 9.17) is 13.9 Å². The Morgan fingerprint density at radius 2 is 1.91 bits per heavy atom.